The lowest BCUT2D eigenvalue weighted by atomic mass is 10.1. The highest BCUT2D eigenvalue weighted by Crippen LogP contribution is 2.23. The van der Waals surface area contributed by atoms with E-state index in [1.165, 1.54) is 5.56 Å². The Morgan fingerprint density at radius 1 is 0.903 bits per heavy atom. The van der Waals surface area contributed by atoms with Crippen LogP contribution in [0.3, 0.4) is 0 Å². The number of fused-ring (bicyclic) bond motifs is 1. The van der Waals surface area contributed by atoms with Gasteiger partial charge in [0.05, 0.1) is 28.7 Å². The van der Waals surface area contributed by atoms with Gasteiger partial charge in [0.2, 0.25) is 0 Å². The summed E-state index contributed by atoms with van der Waals surface area (Å²) >= 11 is 0. The SMILES string of the molecule is N#Cc1cccc(-c2cccc(CN3CCc4nc(-c5ccccc5)ncc4C3)n2)c1. The summed E-state index contributed by atoms with van der Waals surface area (Å²) in [4.78, 5) is 16.6. The third-order valence-electron chi connectivity index (χ3n) is 5.52. The van der Waals surface area contributed by atoms with E-state index < -0.39 is 0 Å². The van der Waals surface area contributed by atoms with Crippen LogP contribution in [0.5, 0.6) is 0 Å². The van der Waals surface area contributed by atoms with Crippen molar-refractivity contribution in [1.29, 1.82) is 5.26 Å². The molecule has 31 heavy (non-hydrogen) atoms. The Balaban J connectivity index is 1.32. The maximum Gasteiger partial charge on any atom is 0.159 e. The van der Waals surface area contributed by atoms with Gasteiger partial charge < -0.3 is 0 Å². The minimum absolute atomic E-state index is 0.646. The van der Waals surface area contributed by atoms with E-state index in [0.717, 1.165) is 60.1 Å². The summed E-state index contributed by atoms with van der Waals surface area (Å²) in [6.07, 6.45) is 2.87. The molecule has 0 atom stereocenters. The largest absolute Gasteiger partial charge is 0.293 e. The highest BCUT2D eigenvalue weighted by atomic mass is 15.1. The number of hydrogen-bond donors (Lipinski definition) is 0. The Bertz CT molecular complexity index is 1260. The fraction of sp³-hybridized carbons (Fsp3) is 0.154. The first-order valence-corrected chi connectivity index (χ1v) is 10.4. The van der Waals surface area contributed by atoms with Crippen LogP contribution in [0.15, 0.2) is 79.0 Å². The van der Waals surface area contributed by atoms with Crippen LogP contribution < -0.4 is 0 Å². The topological polar surface area (TPSA) is 65.7 Å². The second-order valence-electron chi connectivity index (χ2n) is 7.70. The van der Waals surface area contributed by atoms with Gasteiger partial charge in [-0.3, -0.25) is 9.88 Å². The quantitative estimate of drug-likeness (QED) is 0.497. The standard InChI is InChI=1S/C26H21N5/c27-15-19-6-4-9-21(14-19)24-11-5-10-23(29-24)18-31-13-12-25-22(17-31)16-28-26(30-25)20-7-2-1-3-8-20/h1-11,14,16H,12-13,17-18H2. The summed E-state index contributed by atoms with van der Waals surface area (Å²) in [5.41, 5.74) is 6.89. The first-order valence-electron chi connectivity index (χ1n) is 10.4. The van der Waals surface area contributed by atoms with Gasteiger partial charge in [0.25, 0.3) is 0 Å². The number of nitrogens with zero attached hydrogens (tertiary/aromatic N) is 5. The summed E-state index contributed by atoms with van der Waals surface area (Å²) in [6.45, 7) is 2.53. The molecule has 0 bridgehead atoms. The van der Waals surface area contributed by atoms with Crippen molar-refractivity contribution in [2.24, 2.45) is 0 Å². The van der Waals surface area contributed by atoms with Crippen LogP contribution in [0.25, 0.3) is 22.6 Å². The molecule has 1 aliphatic heterocycles. The Kier molecular flexibility index (Phi) is 5.22. The molecule has 5 nitrogen and oxygen atoms in total. The van der Waals surface area contributed by atoms with Gasteiger partial charge in [-0.2, -0.15) is 5.26 Å². The van der Waals surface area contributed by atoms with E-state index in [9.17, 15) is 0 Å². The Morgan fingerprint density at radius 2 is 1.74 bits per heavy atom. The molecule has 0 radical (unpaired) electrons. The molecule has 2 aromatic carbocycles. The van der Waals surface area contributed by atoms with Gasteiger partial charge in [-0.15, -0.1) is 0 Å². The van der Waals surface area contributed by atoms with Gasteiger partial charge in [-0.1, -0.05) is 48.5 Å². The molecular formula is C26H21N5. The van der Waals surface area contributed by atoms with E-state index >= 15 is 0 Å². The summed E-state index contributed by atoms with van der Waals surface area (Å²) in [5.74, 6) is 0.793. The van der Waals surface area contributed by atoms with Gasteiger partial charge in [-0.25, -0.2) is 9.97 Å². The lowest BCUT2D eigenvalue weighted by Crippen LogP contribution is -2.31. The molecule has 0 fully saturated rings. The van der Waals surface area contributed by atoms with Crippen molar-refractivity contribution in [3.8, 4) is 28.7 Å². The maximum atomic E-state index is 9.15. The van der Waals surface area contributed by atoms with Crippen molar-refractivity contribution >= 4 is 0 Å². The number of hydrogen-bond acceptors (Lipinski definition) is 5. The van der Waals surface area contributed by atoms with Crippen LogP contribution >= 0.6 is 0 Å². The fourth-order valence-electron chi connectivity index (χ4n) is 3.94. The first kappa shape index (κ1) is 19.1. The zero-order valence-corrected chi connectivity index (χ0v) is 17.1. The van der Waals surface area contributed by atoms with E-state index in [1.54, 1.807) is 0 Å². The van der Waals surface area contributed by atoms with Gasteiger partial charge in [0.15, 0.2) is 5.82 Å². The molecule has 0 spiro atoms. The molecule has 150 valence electrons. The number of aromatic nitrogens is 3. The number of rotatable bonds is 4. The molecule has 5 rings (SSSR count). The maximum absolute atomic E-state index is 9.15. The molecule has 5 heteroatoms. The Labute approximate surface area is 181 Å². The summed E-state index contributed by atoms with van der Waals surface area (Å²) < 4.78 is 0. The molecule has 0 aliphatic carbocycles. The van der Waals surface area contributed by atoms with Crippen molar-refractivity contribution in [3.05, 3.63) is 102 Å². The first-order chi connectivity index (χ1) is 15.3. The predicted molar refractivity (Wildman–Crippen MR) is 120 cm³/mol. The average Bonchev–Trinajstić information content (AvgIpc) is 2.84. The van der Waals surface area contributed by atoms with E-state index in [-0.39, 0.29) is 0 Å². The lowest BCUT2D eigenvalue weighted by molar-refractivity contribution is 0.240. The molecule has 0 N–H and O–H groups in total. The van der Waals surface area contributed by atoms with Crippen LogP contribution in [0, 0.1) is 11.3 Å². The van der Waals surface area contributed by atoms with Gasteiger partial charge in [0.1, 0.15) is 0 Å². The van der Waals surface area contributed by atoms with Crippen molar-refractivity contribution < 1.29 is 0 Å². The van der Waals surface area contributed by atoms with Gasteiger partial charge in [-0.05, 0) is 24.3 Å². The van der Waals surface area contributed by atoms with Crippen LogP contribution in [0.1, 0.15) is 22.5 Å². The van der Waals surface area contributed by atoms with Gasteiger partial charge >= 0.3 is 0 Å². The minimum atomic E-state index is 0.646. The second-order valence-corrected chi connectivity index (χ2v) is 7.70. The molecule has 0 saturated heterocycles. The zero-order valence-electron chi connectivity index (χ0n) is 17.1. The Morgan fingerprint density at radius 3 is 2.61 bits per heavy atom. The zero-order chi connectivity index (χ0) is 21.0. The summed E-state index contributed by atoms with van der Waals surface area (Å²) in [7, 11) is 0. The van der Waals surface area contributed by atoms with Gasteiger partial charge in [0, 0.05) is 48.9 Å². The molecule has 3 heterocycles. The second kappa shape index (κ2) is 8.47. The normalized spacial score (nSPS) is 13.4. The third kappa shape index (κ3) is 4.20. The molecular weight excluding hydrogens is 382 g/mol. The monoisotopic (exact) mass is 403 g/mol. The third-order valence-corrected chi connectivity index (χ3v) is 5.52. The fourth-order valence-corrected chi connectivity index (χ4v) is 3.94. The van der Waals surface area contributed by atoms with Crippen molar-refractivity contribution in [3.63, 3.8) is 0 Å². The van der Waals surface area contributed by atoms with E-state index in [2.05, 4.69) is 22.0 Å². The van der Waals surface area contributed by atoms with Crippen molar-refractivity contribution in [2.75, 3.05) is 6.54 Å². The van der Waals surface area contributed by atoms with E-state index in [0.29, 0.717) is 5.56 Å². The number of nitriles is 1. The minimum Gasteiger partial charge on any atom is -0.293 e. The molecule has 0 unspecified atom stereocenters. The lowest BCUT2D eigenvalue weighted by Gasteiger charge is -2.27. The van der Waals surface area contributed by atoms with Crippen molar-refractivity contribution in [2.45, 2.75) is 19.5 Å². The number of benzene rings is 2. The average molecular weight is 403 g/mol. The molecule has 1 aliphatic rings. The summed E-state index contributed by atoms with van der Waals surface area (Å²) in [6, 6.07) is 26.0. The Hall–Kier alpha value is -3.88. The number of pyridine rings is 1. The smallest absolute Gasteiger partial charge is 0.159 e. The van der Waals surface area contributed by atoms with Crippen LogP contribution in [0.4, 0.5) is 0 Å². The predicted octanol–water partition coefficient (Wildman–Crippen LogP) is 4.64. The van der Waals surface area contributed by atoms with Crippen LogP contribution in [-0.2, 0) is 19.5 Å². The summed E-state index contributed by atoms with van der Waals surface area (Å²) in [5, 5.41) is 9.15. The molecule has 2 aromatic heterocycles. The highest BCUT2D eigenvalue weighted by Gasteiger charge is 2.19. The van der Waals surface area contributed by atoms with Crippen LogP contribution in [-0.4, -0.2) is 26.4 Å². The van der Waals surface area contributed by atoms with E-state index in [4.69, 9.17) is 15.2 Å². The molecule has 0 amide bonds. The van der Waals surface area contributed by atoms with Crippen LogP contribution in [0.2, 0.25) is 0 Å². The van der Waals surface area contributed by atoms with Crippen molar-refractivity contribution in [1.82, 2.24) is 19.9 Å². The highest BCUT2D eigenvalue weighted by molar-refractivity contribution is 5.61. The van der Waals surface area contributed by atoms with E-state index in [1.807, 2.05) is 72.9 Å². The molecule has 0 saturated carbocycles. The molecule has 4 aromatic rings.